The first-order chi connectivity index (χ1) is 9.51. The van der Waals surface area contributed by atoms with Crippen LogP contribution in [0.4, 0.5) is 4.79 Å². The molecule has 8 heteroatoms. The van der Waals surface area contributed by atoms with Crippen LogP contribution in [-0.2, 0) is 17.8 Å². The lowest BCUT2D eigenvalue weighted by atomic mass is 10.1. The second kappa shape index (κ2) is 8.26. The van der Waals surface area contributed by atoms with E-state index < -0.39 is 11.9 Å². The van der Waals surface area contributed by atoms with E-state index in [9.17, 15) is 9.59 Å². The maximum Gasteiger partial charge on any atom is 0.321 e. The molecule has 0 aliphatic carbocycles. The number of carbonyl (C=O) groups is 2. The van der Waals surface area contributed by atoms with E-state index in [2.05, 4.69) is 34.8 Å². The van der Waals surface area contributed by atoms with Gasteiger partial charge in [0, 0.05) is 19.2 Å². The minimum atomic E-state index is -0.488. The van der Waals surface area contributed by atoms with Crippen LogP contribution >= 0.6 is 0 Å². The summed E-state index contributed by atoms with van der Waals surface area (Å²) >= 11 is 0. The van der Waals surface area contributed by atoms with E-state index in [1.807, 2.05) is 0 Å². The SMILES string of the molecule is CC(C)CCNC(=O)NC(=O)Cn1cc(CCN)nn1. The highest BCUT2D eigenvalue weighted by Gasteiger charge is 2.09. The number of aromatic nitrogens is 3. The third-order valence-electron chi connectivity index (χ3n) is 2.55. The number of carbonyl (C=O) groups excluding carboxylic acids is 2. The Morgan fingerprint density at radius 2 is 2.20 bits per heavy atom. The molecule has 0 fully saturated rings. The number of hydrogen-bond donors (Lipinski definition) is 3. The molecule has 0 atom stereocenters. The Morgan fingerprint density at radius 3 is 2.85 bits per heavy atom. The van der Waals surface area contributed by atoms with Crippen molar-refractivity contribution in [1.29, 1.82) is 0 Å². The van der Waals surface area contributed by atoms with Crippen molar-refractivity contribution < 1.29 is 9.59 Å². The molecule has 0 aliphatic rings. The molecule has 1 heterocycles. The summed E-state index contributed by atoms with van der Waals surface area (Å²) in [5, 5.41) is 12.5. The van der Waals surface area contributed by atoms with Crippen LogP contribution < -0.4 is 16.4 Å². The van der Waals surface area contributed by atoms with Gasteiger partial charge in [-0.05, 0) is 18.9 Å². The monoisotopic (exact) mass is 282 g/mol. The van der Waals surface area contributed by atoms with Crippen molar-refractivity contribution in [3.63, 3.8) is 0 Å². The highest BCUT2D eigenvalue weighted by atomic mass is 16.2. The van der Waals surface area contributed by atoms with Crippen molar-refractivity contribution in [2.45, 2.75) is 33.2 Å². The number of imide groups is 1. The molecule has 20 heavy (non-hydrogen) atoms. The zero-order valence-corrected chi connectivity index (χ0v) is 11.9. The molecule has 1 rings (SSSR count). The molecule has 112 valence electrons. The number of amides is 3. The van der Waals surface area contributed by atoms with Crippen LogP contribution in [0.25, 0.3) is 0 Å². The Bertz CT molecular complexity index is 443. The zero-order valence-electron chi connectivity index (χ0n) is 11.9. The molecule has 3 amide bonds. The minimum Gasteiger partial charge on any atom is -0.338 e. The maximum absolute atomic E-state index is 11.6. The Balaban J connectivity index is 2.29. The molecule has 4 N–H and O–H groups in total. The van der Waals surface area contributed by atoms with Gasteiger partial charge in [0.2, 0.25) is 5.91 Å². The fraction of sp³-hybridized carbons (Fsp3) is 0.667. The van der Waals surface area contributed by atoms with Gasteiger partial charge in [0.15, 0.2) is 0 Å². The number of nitrogens with two attached hydrogens (primary N) is 1. The Labute approximate surface area is 118 Å². The van der Waals surface area contributed by atoms with Crippen LogP contribution in [-0.4, -0.2) is 40.0 Å². The van der Waals surface area contributed by atoms with Crippen molar-refractivity contribution in [1.82, 2.24) is 25.6 Å². The Morgan fingerprint density at radius 1 is 1.45 bits per heavy atom. The molecular weight excluding hydrogens is 260 g/mol. The second-order valence-electron chi connectivity index (χ2n) is 4.93. The molecular formula is C12H22N6O2. The van der Waals surface area contributed by atoms with E-state index in [-0.39, 0.29) is 6.54 Å². The van der Waals surface area contributed by atoms with Crippen molar-refractivity contribution >= 4 is 11.9 Å². The molecule has 0 saturated heterocycles. The standard InChI is InChI=1S/C12H22N6O2/c1-9(2)4-6-14-12(20)15-11(19)8-18-7-10(3-5-13)16-17-18/h7,9H,3-6,8,13H2,1-2H3,(H2,14,15,19,20). The third-order valence-corrected chi connectivity index (χ3v) is 2.55. The normalized spacial score (nSPS) is 10.6. The molecule has 0 aromatic carbocycles. The summed E-state index contributed by atoms with van der Waals surface area (Å²) in [5.41, 5.74) is 6.12. The largest absolute Gasteiger partial charge is 0.338 e. The molecule has 0 aliphatic heterocycles. The number of rotatable bonds is 7. The van der Waals surface area contributed by atoms with Gasteiger partial charge < -0.3 is 11.1 Å². The summed E-state index contributed by atoms with van der Waals surface area (Å²) in [6.07, 6.45) is 3.12. The molecule has 1 aromatic heterocycles. The van der Waals surface area contributed by atoms with Crippen LogP contribution in [0.5, 0.6) is 0 Å². The first-order valence-corrected chi connectivity index (χ1v) is 6.68. The molecule has 0 bridgehead atoms. The van der Waals surface area contributed by atoms with Gasteiger partial charge >= 0.3 is 6.03 Å². The lowest BCUT2D eigenvalue weighted by Crippen LogP contribution is -2.41. The molecule has 1 aromatic rings. The van der Waals surface area contributed by atoms with E-state index in [1.165, 1.54) is 4.68 Å². The number of nitrogens with zero attached hydrogens (tertiary/aromatic N) is 3. The first kappa shape index (κ1) is 16.1. The van der Waals surface area contributed by atoms with Crippen molar-refractivity contribution in [3.05, 3.63) is 11.9 Å². The average Bonchev–Trinajstić information content (AvgIpc) is 2.76. The highest BCUT2D eigenvalue weighted by Crippen LogP contribution is 1.96. The Hall–Kier alpha value is -1.96. The van der Waals surface area contributed by atoms with Crippen LogP contribution in [0.2, 0.25) is 0 Å². The predicted molar refractivity (Wildman–Crippen MR) is 73.8 cm³/mol. The van der Waals surface area contributed by atoms with Gasteiger partial charge in [-0.25, -0.2) is 9.48 Å². The van der Waals surface area contributed by atoms with E-state index in [0.717, 1.165) is 12.1 Å². The van der Waals surface area contributed by atoms with Gasteiger partial charge in [-0.1, -0.05) is 19.1 Å². The highest BCUT2D eigenvalue weighted by molar-refractivity contribution is 5.94. The van der Waals surface area contributed by atoms with E-state index in [4.69, 9.17) is 5.73 Å². The predicted octanol–water partition coefficient (Wildman–Crippen LogP) is -0.349. The summed E-state index contributed by atoms with van der Waals surface area (Å²) in [4.78, 5) is 23.0. The van der Waals surface area contributed by atoms with Crippen LogP contribution in [0, 0.1) is 5.92 Å². The maximum atomic E-state index is 11.6. The lowest BCUT2D eigenvalue weighted by Gasteiger charge is -2.07. The van der Waals surface area contributed by atoms with Crippen LogP contribution in [0.15, 0.2) is 6.20 Å². The van der Waals surface area contributed by atoms with Gasteiger partial charge in [-0.15, -0.1) is 5.10 Å². The lowest BCUT2D eigenvalue weighted by molar-refractivity contribution is -0.120. The Kier molecular flexibility index (Phi) is 6.65. The first-order valence-electron chi connectivity index (χ1n) is 6.68. The number of hydrogen-bond acceptors (Lipinski definition) is 5. The van der Waals surface area contributed by atoms with Gasteiger partial charge in [-0.2, -0.15) is 0 Å². The smallest absolute Gasteiger partial charge is 0.321 e. The topological polar surface area (TPSA) is 115 Å². The van der Waals surface area contributed by atoms with Crippen LogP contribution in [0.1, 0.15) is 26.0 Å². The van der Waals surface area contributed by atoms with Gasteiger partial charge in [0.05, 0.1) is 5.69 Å². The second-order valence-corrected chi connectivity index (χ2v) is 4.93. The van der Waals surface area contributed by atoms with Gasteiger partial charge in [0.25, 0.3) is 0 Å². The number of urea groups is 1. The summed E-state index contributed by atoms with van der Waals surface area (Å²) in [5.74, 6) is 0.0679. The van der Waals surface area contributed by atoms with E-state index >= 15 is 0 Å². The molecule has 0 saturated carbocycles. The zero-order chi connectivity index (χ0) is 15.0. The molecule has 0 radical (unpaired) electrons. The summed E-state index contributed by atoms with van der Waals surface area (Å²) in [6, 6.07) is -0.488. The van der Waals surface area contributed by atoms with Crippen molar-refractivity contribution in [2.75, 3.05) is 13.1 Å². The summed E-state index contributed by atoms with van der Waals surface area (Å²) in [7, 11) is 0. The minimum absolute atomic E-state index is 0.0465. The van der Waals surface area contributed by atoms with E-state index in [1.54, 1.807) is 6.20 Å². The van der Waals surface area contributed by atoms with Gasteiger partial charge in [0.1, 0.15) is 6.54 Å². The fourth-order valence-corrected chi connectivity index (χ4v) is 1.51. The average molecular weight is 282 g/mol. The quantitative estimate of drug-likeness (QED) is 0.632. The molecule has 8 nitrogen and oxygen atoms in total. The van der Waals surface area contributed by atoms with Gasteiger partial charge in [-0.3, -0.25) is 10.1 Å². The molecule has 0 unspecified atom stereocenters. The van der Waals surface area contributed by atoms with Crippen molar-refractivity contribution in [3.8, 4) is 0 Å². The van der Waals surface area contributed by atoms with Crippen molar-refractivity contribution in [2.24, 2.45) is 11.7 Å². The number of nitrogens with one attached hydrogen (secondary N) is 2. The third kappa shape index (κ3) is 6.28. The molecule has 0 spiro atoms. The van der Waals surface area contributed by atoms with Crippen LogP contribution in [0.3, 0.4) is 0 Å². The fourth-order valence-electron chi connectivity index (χ4n) is 1.51. The summed E-state index contributed by atoms with van der Waals surface area (Å²) in [6.45, 7) is 5.10. The summed E-state index contributed by atoms with van der Waals surface area (Å²) < 4.78 is 1.38. The van der Waals surface area contributed by atoms with E-state index in [0.29, 0.717) is 25.4 Å².